The average molecular weight is 210 g/mol. The van der Waals surface area contributed by atoms with Crippen LogP contribution in [-0.2, 0) is 4.74 Å². The molecular weight excluding hydrogens is 196 g/mol. The van der Waals surface area contributed by atoms with Crippen LogP contribution in [0.15, 0.2) is 10.9 Å². The molecule has 1 N–H and O–H groups in total. The number of rotatable bonds is 3. The van der Waals surface area contributed by atoms with Crippen LogP contribution >= 0.6 is 0 Å². The second-order valence-electron chi connectivity index (χ2n) is 3.41. The Morgan fingerprint density at radius 2 is 2.27 bits per heavy atom. The lowest BCUT2D eigenvalue weighted by molar-refractivity contribution is 0.0523. The maximum atomic E-state index is 11.4. The molecule has 15 heavy (non-hydrogen) atoms. The number of esters is 1. The highest BCUT2D eigenvalue weighted by Gasteiger charge is 2.14. The maximum absolute atomic E-state index is 11.4. The van der Waals surface area contributed by atoms with Crippen molar-refractivity contribution in [2.45, 2.75) is 26.7 Å². The summed E-state index contributed by atoms with van der Waals surface area (Å²) in [5, 5.41) is 6.12. The van der Waals surface area contributed by atoms with Crippen LogP contribution in [0, 0.1) is 0 Å². The van der Waals surface area contributed by atoms with Crippen molar-refractivity contribution in [3.8, 4) is 0 Å². The number of carbonyl (C=O) groups excluding carboxylic acids is 1. The summed E-state index contributed by atoms with van der Waals surface area (Å²) in [4.78, 5) is 22.7. The number of hydrogen-bond donors (Lipinski definition) is 1. The second kappa shape index (κ2) is 4.72. The minimum atomic E-state index is -0.608. The van der Waals surface area contributed by atoms with Crippen molar-refractivity contribution in [3.05, 3.63) is 27.7 Å². The Morgan fingerprint density at radius 3 is 2.80 bits per heavy atom. The van der Waals surface area contributed by atoms with E-state index in [9.17, 15) is 9.59 Å². The summed E-state index contributed by atoms with van der Waals surface area (Å²) in [7, 11) is 0. The van der Waals surface area contributed by atoms with Gasteiger partial charge in [0.1, 0.15) is 5.56 Å². The van der Waals surface area contributed by atoms with Gasteiger partial charge in [-0.15, -0.1) is 0 Å². The van der Waals surface area contributed by atoms with Gasteiger partial charge in [0, 0.05) is 0 Å². The first-order valence-electron chi connectivity index (χ1n) is 4.83. The van der Waals surface area contributed by atoms with Gasteiger partial charge in [-0.2, -0.15) is 5.10 Å². The molecule has 0 saturated carbocycles. The van der Waals surface area contributed by atoms with Gasteiger partial charge in [-0.1, -0.05) is 13.8 Å². The number of hydrogen-bond acceptors (Lipinski definition) is 4. The van der Waals surface area contributed by atoms with Crippen LogP contribution < -0.4 is 5.56 Å². The average Bonchev–Trinajstić information content (AvgIpc) is 2.18. The smallest absolute Gasteiger partial charge is 0.343 e. The van der Waals surface area contributed by atoms with Crippen molar-refractivity contribution in [1.82, 2.24) is 10.2 Å². The number of nitrogens with zero attached hydrogens (tertiary/aromatic N) is 1. The zero-order valence-electron chi connectivity index (χ0n) is 9.03. The summed E-state index contributed by atoms with van der Waals surface area (Å²) >= 11 is 0. The Hall–Kier alpha value is -1.65. The molecule has 5 heteroatoms. The van der Waals surface area contributed by atoms with Crippen molar-refractivity contribution in [2.24, 2.45) is 0 Å². The molecular formula is C10H14N2O3. The van der Waals surface area contributed by atoms with Crippen LogP contribution in [0.4, 0.5) is 0 Å². The third-order valence-electron chi connectivity index (χ3n) is 1.91. The molecule has 0 unspecified atom stereocenters. The van der Waals surface area contributed by atoms with E-state index in [0.29, 0.717) is 5.69 Å². The molecule has 0 spiro atoms. The van der Waals surface area contributed by atoms with Gasteiger partial charge in [-0.3, -0.25) is 4.79 Å². The first kappa shape index (κ1) is 11.4. The van der Waals surface area contributed by atoms with Gasteiger partial charge in [0.05, 0.1) is 12.3 Å². The molecule has 0 atom stereocenters. The highest BCUT2D eigenvalue weighted by Crippen LogP contribution is 2.09. The minimum absolute atomic E-state index is 0.00977. The predicted octanol–water partition coefficient (Wildman–Crippen LogP) is 1.07. The monoisotopic (exact) mass is 210 g/mol. The van der Waals surface area contributed by atoms with Crippen LogP contribution in [-0.4, -0.2) is 22.8 Å². The van der Waals surface area contributed by atoms with Gasteiger partial charge in [0.25, 0.3) is 5.56 Å². The van der Waals surface area contributed by atoms with Gasteiger partial charge >= 0.3 is 5.97 Å². The molecule has 0 aliphatic carbocycles. The summed E-state index contributed by atoms with van der Waals surface area (Å²) in [6, 6.07) is 1.47. The summed E-state index contributed by atoms with van der Waals surface area (Å²) in [6.45, 7) is 5.79. The van der Waals surface area contributed by atoms with Crippen molar-refractivity contribution >= 4 is 5.97 Å². The van der Waals surface area contributed by atoms with Crippen LogP contribution in [0.3, 0.4) is 0 Å². The third-order valence-corrected chi connectivity index (χ3v) is 1.91. The highest BCUT2D eigenvalue weighted by molar-refractivity contribution is 5.88. The fraction of sp³-hybridized carbons (Fsp3) is 0.500. The standard InChI is InChI=1S/C10H14N2O3/c1-4-15-10(14)7-5-8(6(2)3)11-12-9(7)13/h5-6H,4H2,1-3H3,(H,12,13). The lowest BCUT2D eigenvalue weighted by atomic mass is 10.1. The number of nitrogens with one attached hydrogen (secondary N) is 1. The third kappa shape index (κ3) is 2.65. The first-order chi connectivity index (χ1) is 7.06. The number of carbonyl (C=O) groups is 1. The molecule has 1 heterocycles. The van der Waals surface area contributed by atoms with E-state index in [1.807, 2.05) is 13.8 Å². The lowest BCUT2D eigenvalue weighted by Crippen LogP contribution is -2.22. The summed E-state index contributed by atoms with van der Waals surface area (Å²) in [6.07, 6.45) is 0. The largest absolute Gasteiger partial charge is 0.462 e. The van der Waals surface area contributed by atoms with Crippen molar-refractivity contribution in [2.75, 3.05) is 6.61 Å². The molecule has 0 radical (unpaired) electrons. The second-order valence-corrected chi connectivity index (χ2v) is 3.41. The first-order valence-corrected chi connectivity index (χ1v) is 4.83. The molecule has 0 amide bonds. The summed E-state index contributed by atoms with van der Waals surface area (Å²) in [5.74, 6) is -0.460. The van der Waals surface area contributed by atoms with Crippen molar-refractivity contribution in [3.63, 3.8) is 0 Å². The van der Waals surface area contributed by atoms with Gasteiger partial charge in [0.15, 0.2) is 0 Å². The maximum Gasteiger partial charge on any atom is 0.343 e. The molecule has 0 fully saturated rings. The molecule has 0 bridgehead atoms. The van der Waals surface area contributed by atoms with Crippen molar-refractivity contribution < 1.29 is 9.53 Å². The van der Waals surface area contributed by atoms with Crippen LogP contribution in [0.2, 0.25) is 0 Å². The van der Waals surface area contributed by atoms with Crippen LogP contribution in [0.5, 0.6) is 0 Å². The molecule has 0 aliphatic rings. The number of ether oxygens (including phenoxy) is 1. The Labute approximate surface area is 87.5 Å². The normalized spacial score (nSPS) is 10.4. The lowest BCUT2D eigenvalue weighted by Gasteiger charge is -2.05. The van der Waals surface area contributed by atoms with E-state index in [1.54, 1.807) is 6.92 Å². The number of aromatic nitrogens is 2. The van der Waals surface area contributed by atoms with Crippen molar-refractivity contribution in [1.29, 1.82) is 0 Å². The highest BCUT2D eigenvalue weighted by atomic mass is 16.5. The van der Waals surface area contributed by atoms with Crippen LogP contribution in [0.25, 0.3) is 0 Å². The molecule has 0 aromatic carbocycles. The molecule has 82 valence electrons. The van der Waals surface area contributed by atoms with E-state index in [2.05, 4.69) is 10.2 Å². The van der Waals surface area contributed by atoms with E-state index in [4.69, 9.17) is 4.74 Å². The molecule has 0 aliphatic heterocycles. The quantitative estimate of drug-likeness (QED) is 0.757. The zero-order chi connectivity index (χ0) is 11.4. The Kier molecular flexibility index (Phi) is 3.60. The molecule has 0 saturated heterocycles. The van der Waals surface area contributed by atoms with E-state index in [0.717, 1.165) is 0 Å². The fourth-order valence-electron chi connectivity index (χ4n) is 1.08. The van der Waals surface area contributed by atoms with Gasteiger partial charge < -0.3 is 4.74 Å². The molecule has 1 aromatic heterocycles. The van der Waals surface area contributed by atoms with Gasteiger partial charge in [0.2, 0.25) is 0 Å². The molecule has 1 aromatic rings. The van der Waals surface area contributed by atoms with Gasteiger partial charge in [-0.25, -0.2) is 9.89 Å². The molecule has 5 nitrogen and oxygen atoms in total. The molecule has 1 rings (SSSR count). The van der Waals surface area contributed by atoms with Crippen LogP contribution in [0.1, 0.15) is 42.7 Å². The number of aromatic amines is 1. The van der Waals surface area contributed by atoms with E-state index in [1.165, 1.54) is 6.07 Å². The van der Waals surface area contributed by atoms with E-state index in [-0.39, 0.29) is 18.1 Å². The van der Waals surface area contributed by atoms with E-state index < -0.39 is 11.5 Å². The van der Waals surface area contributed by atoms with E-state index >= 15 is 0 Å². The van der Waals surface area contributed by atoms with Gasteiger partial charge in [-0.05, 0) is 18.9 Å². The Balaban J connectivity index is 3.11. The Morgan fingerprint density at radius 1 is 1.60 bits per heavy atom. The minimum Gasteiger partial charge on any atom is -0.462 e. The Bertz CT molecular complexity index is 409. The topological polar surface area (TPSA) is 72.0 Å². The summed E-state index contributed by atoms with van der Waals surface area (Å²) in [5.41, 5.74) is 0.158. The summed E-state index contributed by atoms with van der Waals surface area (Å²) < 4.78 is 4.76. The number of H-pyrrole nitrogens is 1. The zero-order valence-corrected chi connectivity index (χ0v) is 9.03. The fourth-order valence-corrected chi connectivity index (χ4v) is 1.08. The predicted molar refractivity (Wildman–Crippen MR) is 54.9 cm³/mol. The SMILES string of the molecule is CCOC(=O)c1cc(C(C)C)n[nH]c1=O.